The lowest BCUT2D eigenvalue weighted by Gasteiger charge is -2.22. The molecule has 2 unspecified atom stereocenters. The molecule has 1 amide bonds. The summed E-state index contributed by atoms with van der Waals surface area (Å²) in [4.78, 5) is 25.5. The van der Waals surface area contributed by atoms with Crippen LogP contribution in [-0.2, 0) is 4.79 Å². The molecule has 3 rings (SSSR count). The van der Waals surface area contributed by atoms with E-state index in [0.717, 1.165) is 13.1 Å². The van der Waals surface area contributed by atoms with Crippen LogP contribution in [0.4, 0.5) is 0 Å². The van der Waals surface area contributed by atoms with Crippen LogP contribution in [0, 0.1) is 11.8 Å². The summed E-state index contributed by atoms with van der Waals surface area (Å²) in [5.41, 5.74) is 0.560. The van der Waals surface area contributed by atoms with Gasteiger partial charge in [0.2, 0.25) is 0 Å². The molecule has 1 saturated heterocycles. The number of rotatable bonds is 6. The summed E-state index contributed by atoms with van der Waals surface area (Å²) in [5.74, 6) is 0.994. The van der Waals surface area contributed by atoms with Gasteiger partial charge < -0.3 is 19.5 Å². The van der Waals surface area contributed by atoms with Crippen molar-refractivity contribution in [1.82, 2.24) is 4.90 Å². The van der Waals surface area contributed by atoms with Crippen molar-refractivity contribution in [3.05, 3.63) is 23.8 Å². The smallest absolute Gasteiger partial charge is 0.341 e. The molecule has 1 heterocycles. The van der Waals surface area contributed by atoms with Crippen LogP contribution < -0.4 is 9.47 Å². The van der Waals surface area contributed by atoms with E-state index in [-0.39, 0.29) is 5.91 Å². The molecule has 25 heavy (non-hydrogen) atoms. The molecule has 136 valence electrons. The molecule has 0 bridgehead atoms. The zero-order chi connectivity index (χ0) is 17.8. The molecule has 6 heteroatoms. The van der Waals surface area contributed by atoms with Crippen LogP contribution in [0.2, 0.25) is 0 Å². The normalized spacial score (nSPS) is 22.4. The standard InChI is InChI=1S/C19H25NO5/c1-2-24-17-9-13(7-8-16(17)25-12-18(21)22)19(23)20-10-14-5-3-4-6-15(14)11-20/h7-9,14-15H,2-6,10-12H2,1H3,(H,21,22). The summed E-state index contributed by atoms with van der Waals surface area (Å²) in [6, 6.07) is 4.96. The molecule has 0 aromatic heterocycles. The Bertz CT molecular complexity index is 631. The van der Waals surface area contributed by atoms with E-state index in [1.54, 1.807) is 18.2 Å². The third kappa shape index (κ3) is 4.06. The molecule has 2 aliphatic rings. The zero-order valence-electron chi connectivity index (χ0n) is 14.6. The van der Waals surface area contributed by atoms with Crippen molar-refractivity contribution in [2.24, 2.45) is 11.8 Å². The first-order valence-electron chi connectivity index (χ1n) is 8.99. The predicted octanol–water partition coefficient (Wildman–Crippen LogP) is 2.81. The maximum atomic E-state index is 12.9. The number of likely N-dealkylation sites (tertiary alicyclic amines) is 1. The van der Waals surface area contributed by atoms with Gasteiger partial charge in [-0.1, -0.05) is 12.8 Å². The highest BCUT2D eigenvalue weighted by Gasteiger charge is 2.36. The van der Waals surface area contributed by atoms with Gasteiger partial charge in [-0.05, 0) is 49.8 Å². The van der Waals surface area contributed by atoms with Crippen molar-refractivity contribution >= 4 is 11.9 Å². The highest BCUT2D eigenvalue weighted by Crippen LogP contribution is 2.37. The number of benzene rings is 1. The third-order valence-corrected chi connectivity index (χ3v) is 5.11. The van der Waals surface area contributed by atoms with Crippen LogP contribution >= 0.6 is 0 Å². The lowest BCUT2D eigenvalue weighted by molar-refractivity contribution is -0.139. The lowest BCUT2D eigenvalue weighted by Crippen LogP contribution is -2.29. The third-order valence-electron chi connectivity index (χ3n) is 5.11. The Morgan fingerprint density at radius 3 is 2.40 bits per heavy atom. The Labute approximate surface area is 147 Å². The van der Waals surface area contributed by atoms with E-state index in [0.29, 0.717) is 35.5 Å². The van der Waals surface area contributed by atoms with Crippen molar-refractivity contribution < 1.29 is 24.2 Å². The maximum Gasteiger partial charge on any atom is 0.341 e. The summed E-state index contributed by atoms with van der Waals surface area (Å²) >= 11 is 0. The van der Waals surface area contributed by atoms with E-state index in [4.69, 9.17) is 14.6 Å². The van der Waals surface area contributed by atoms with Gasteiger partial charge in [0, 0.05) is 18.7 Å². The summed E-state index contributed by atoms with van der Waals surface area (Å²) in [7, 11) is 0. The van der Waals surface area contributed by atoms with Gasteiger partial charge >= 0.3 is 5.97 Å². The largest absolute Gasteiger partial charge is 0.490 e. The van der Waals surface area contributed by atoms with E-state index in [1.165, 1.54) is 25.7 Å². The number of carbonyl (C=O) groups is 2. The van der Waals surface area contributed by atoms with Gasteiger partial charge in [0.25, 0.3) is 5.91 Å². The fourth-order valence-electron chi connectivity index (χ4n) is 3.92. The van der Waals surface area contributed by atoms with Crippen LogP contribution in [0.1, 0.15) is 43.0 Å². The Morgan fingerprint density at radius 2 is 1.80 bits per heavy atom. The Kier molecular flexibility index (Phi) is 5.46. The number of aliphatic carboxylic acids is 1. The number of nitrogens with zero attached hydrogens (tertiary/aromatic N) is 1. The molecule has 1 aliphatic carbocycles. The van der Waals surface area contributed by atoms with E-state index < -0.39 is 12.6 Å². The minimum atomic E-state index is -1.05. The number of carboxylic acid groups (broad SMARTS) is 1. The Hall–Kier alpha value is -2.24. The zero-order valence-corrected chi connectivity index (χ0v) is 14.6. The topological polar surface area (TPSA) is 76.1 Å². The van der Waals surface area contributed by atoms with Gasteiger partial charge in [-0.25, -0.2) is 4.79 Å². The molecule has 1 saturated carbocycles. The maximum absolute atomic E-state index is 12.9. The number of hydrogen-bond donors (Lipinski definition) is 1. The first kappa shape index (κ1) is 17.6. The van der Waals surface area contributed by atoms with E-state index >= 15 is 0 Å². The van der Waals surface area contributed by atoms with Crippen LogP contribution in [0.3, 0.4) is 0 Å². The molecule has 0 radical (unpaired) electrons. The van der Waals surface area contributed by atoms with Crippen LogP contribution in [0.15, 0.2) is 18.2 Å². The first-order valence-corrected chi connectivity index (χ1v) is 8.99. The first-order chi connectivity index (χ1) is 12.1. The average Bonchev–Trinajstić information content (AvgIpc) is 3.04. The summed E-state index contributed by atoms with van der Waals surface area (Å²) < 4.78 is 10.8. The summed E-state index contributed by atoms with van der Waals surface area (Å²) in [6.07, 6.45) is 4.99. The van der Waals surface area contributed by atoms with Crippen LogP contribution in [-0.4, -0.2) is 48.2 Å². The van der Waals surface area contributed by atoms with E-state index in [1.807, 2.05) is 11.8 Å². The van der Waals surface area contributed by atoms with Gasteiger partial charge in [0.15, 0.2) is 18.1 Å². The van der Waals surface area contributed by atoms with Crippen molar-refractivity contribution in [3.63, 3.8) is 0 Å². The number of ether oxygens (including phenoxy) is 2. The Balaban J connectivity index is 1.73. The molecule has 1 aromatic carbocycles. The molecular formula is C19H25NO5. The van der Waals surface area contributed by atoms with Gasteiger partial charge in [-0.3, -0.25) is 4.79 Å². The Morgan fingerprint density at radius 1 is 1.12 bits per heavy atom. The van der Waals surface area contributed by atoms with Gasteiger partial charge in [0.05, 0.1) is 6.61 Å². The predicted molar refractivity (Wildman–Crippen MR) is 92.1 cm³/mol. The molecule has 1 N–H and O–H groups in total. The molecule has 2 atom stereocenters. The van der Waals surface area contributed by atoms with Crippen molar-refractivity contribution in [2.45, 2.75) is 32.6 Å². The van der Waals surface area contributed by atoms with Gasteiger partial charge in [0.1, 0.15) is 0 Å². The number of amides is 1. The highest BCUT2D eigenvalue weighted by molar-refractivity contribution is 5.95. The fourth-order valence-corrected chi connectivity index (χ4v) is 3.92. The van der Waals surface area contributed by atoms with Crippen LogP contribution in [0.25, 0.3) is 0 Å². The second-order valence-corrected chi connectivity index (χ2v) is 6.79. The van der Waals surface area contributed by atoms with E-state index in [2.05, 4.69) is 0 Å². The van der Waals surface area contributed by atoms with Crippen molar-refractivity contribution in [3.8, 4) is 11.5 Å². The quantitative estimate of drug-likeness (QED) is 0.856. The van der Waals surface area contributed by atoms with Crippen molar-refractivity contribution in [1.29, 1.82) is 0 Å². The van der Waals surface area contributed by atoms with Crippen molar-refractivity contribution in [2.75, 3.05) is 26.3 Å². The number of hydrogen-bond acceptors (Lipinski definition) is 4. The second kappa shape index (κ2) is 7.76. The molecular weight excluding hydrogens is 322 g/mol. The monoisotopic (exact) mass is 347 g/mol. The van der Waals surface area contributed by atoms with Gasteiger partial charge in [-0.15, -0.1) is 0 Å². The summed E-state index contributed by atoms with van der Waals surface area (Å²) in [5, 5.41) is 8.76. The fraction of sp³-hybridized carbons (Fsp3) is 0.579. The molecule has 1 aromatic rings. The second-order valence-electron chi connectivity index (χ2n) is 6.79. The summed E-state index contributed by atoms with van der Waals surface area (Å²) in [6.45, 7) is 3.48. The number of fused-ring (bicyclic) bond motifs is 1. The molecule has 6 nitrogen and oxygen atoms in total. The number of carbonyl (C=O) groups excluding carboxylic acids is 1. The molecule has 0 spiro atoms. The minimum Gasteiger partial charge on any atom is -0.490 e. The highest BCUT2D eigenvalue weighted by atomic mass is 16.5. The minimum absolute atomic E-state index is 0.0140. The van der Waals surface area contributed by atoms with E-state index in [9.17, 15) is 9.59 Å². The number of carboxylic acids is 1. The SMILES string of the molecule is CCOc1cc(C(=O)N2CC3CCCCC3C2)ccc1OCC(=O)O. The average molecular weight is 347 g/mol. The lowest BCUT2D eigenvalue weighted by atomic mass is 9.82. The van der Waals surface area contributed by atoms with Gasteiger partial charge in [-0.2, -0.15) is 0 Å². The van der Waals surface area contributed by atoms with Crippen LogP contribution in [0.5, 0.6) is 11.5 Å². The molecule has 1 aliphatic heterocycles. The molecule has 2 fully saturated rings.